The van der Waals surface area contributed by atoms with Crippen molar-refractivity contribution in [1.29, 1.82) is 0 Å². The zero-order valence-corrected chi connectivity index (χ0v) is 13.1. The molecule has 0 aliphatic heterocycles. The Hall–Kier alpha value is -1.88. The van der Waals surface area contributed by atoms with E-state index in [9.17, 15) is 9.59 Å². The topological polar surface area (TPSA) is 67.4 Å². The highest BCUT2D eigenvalue weighted by atomic mass is 16.5. The minimum Gasteiger partial charge on any atom is -0.369 e. The van der Waals surface area contributed by atoms with Crippen LogP contribution in [0.4, 0.5) is 5.69 Å². The molecule has 5 nitrogen and oxygen atoms in total. The number of para-hydroxylation sites is 1. The van der Waals surface area contributed by atoms with Gasteiger partial charge in [-0.25, -0.2) is 0 Å². The first-order chi connectivity index (χ1) is 9.90. The molecule has 0 aliphatic rings. The number of benzene rings is 1. The molecule has 1 aromatic carbocycles. The van der Waals surface area contributed by atoms with Crippen molar-refractivity contribution >= 4 is 17.5 Å². The predicted molar refractivity (Wildman–Crippen MR) is 83.3 cm³/mol. The van der Waals surface area contributed by atoms with E-state index in [0.717, 1.165) is 0 Å². The maximum Gasteiger partial charge on any atom is 0.253 e. The van der Waals surface area contributed by atoms with Gasteiger partial charge in [-0.2, -0.15) is 0 Å². The van der Waals surface area contributed by atoms with Gasteiger partial charge >= 0.3 is 0 Å². The van der Waals surface area contributed by atoms with E-state index in [1.54, 1.807) is 24.3 Å². The van der Waals surface area contributed by atoms with Crippen molar-refractivity contribution in [2.75, 3.05) is 18.5 Å². The number of anilines is 1. The third kappa shape index (κ3) is 6.40. The van der Waals surface area contributed by atoms with Crippen LogP contribution in [-0.4, -0.2) is 31.1 Å². The highest BCUT2D eigenvalue weighted by Crippen LogP contribution is 2.15. The number of nitrogens with one attached hydrogen (secondary N) is 2. The fraction of sp³-hybridized carbons (Fsp3) is 0.500. The largest absolute Gasteiger partial charge is 0.369 e. The number of carbonyl (C=O) groups excluding carboxylic acids is 2. The lowest BCUT2D eigenvalue weighted by Gasteiger charge is -2.13. The highest BCUT2D eigenvalue weighted by Gasteiger charge is 2.13. The molecular weight excluding hydrogens is 268 g/mol. The zero-order valence-electron chi connectivity index (χ0n) is 13.1. The lowest BCUT2D eigenvalue weighted by atomic mass is 10.1. The molecule has 0 heterocycles. The number of rotatable bonds is 7. The van der Waals surface area contributed by atoms with Gasteiger partial charge in [0.25, 0.3) is 5.91 Å². The van der Waals surface area contributed by atoms with E-state index in [0.29, 0.717) is 23.7 Å². The second kappa shape index (κ2) is 8.42. The first-order valence-corrected chi connectivity index (χ1v) is 7.18. The number of hydrogen-bond donors (Lipinski definition) is 2. The Kier molecular flexibility index (Phi) is 6.88. The molecule has 0 aliphatic carbocycles. The lowest BCUT2D eigenvalue weighted by molar-refractivity contribution is -0.121. The van der Waals surface area contributed by atoms with Gasteiger partial charge in [0.2, 0.25) is 5.91 Å². The molecule has 0 radical (unpaired) electrons. The minimum absolute atomic E-state index is 0.0136. The van der Waals surface area contributed by atoms with Crippen LogP contribution in [0.2, 0.25) is 0 Å². The van der Waals surface area contributed by atoms with Crippen molar-refractivity contribution in [3.63, 3.8) is 0 Å². The van der Waals surface area contributed by atoms with Crippen LogP contribution in [0.1, 0.15) is 38.1 Å². The van der Waals surface area contributed by atoms with E-state index in [1.165, 1.54) is 0 Å². The Morgan fingerprint density at radius 2 is 1.81 bits per heavy atom. The Balaban J connectivity index is 2.70. The molecule has 0 fully saturated rings. The Labute approximate surface area is 126 Å². The summed E-state index contributed by atoms with van der Waals surface area (Å²) in [6.07, 6.45) is -0.0136. The van der Waals surface area contributed by atoms with E-state index < -0.39 is 0 Å². The predicted octanol–water partition coefficient (Wildman–Crippen LogP) is 2.44. The minimum atomic E-state index is -0.271. The number of hydrogen-bond acceptors (Lipinski definition) is 3. The number of amides is 2. The smallest absolute Gasteiger partial charge is 0.253 e. The molecule has 2 N–H and O–H groups in total. The van der Waals surface area contributed by atoms with Crippen LogP contribution in [0.25, 0.3) is 0 Å². The molecule has 0 spiro atoms. The monoisotopic (exact) mass is 292 g/mol. The summed E-state index contributed by atoms with van der Waals surface area (Å²) in [5.41, 5.74) is 0.951. The van der Waals surface area contributed by atoms with Gasteiger partial charge in [-0.15, -0.1) is 0 Å². The van der Waals surface area contributed by atoms with Crippen LogP contribution in [0.15, 0.2) is 24.3 Å². The van der Waals surface area contributed by atoms with E-state index in [-0.39, 0.29) is 24.5 Å². The second-order valence-electron chi connectivity index (χ2n) is 5.56. The molecule has 1 rings (SSSR count). The Morgan fingerprint density at radius 1 is 1.14 bits per heavy atom. The summed E-state index contributed by atoms with van der Waals surface area (Å²) in [6, 6.07) is 6.94. The fourth-order valence-electron chi connectivity index (χ4n) is 1.61. The summed E-state index contributed by atoms with van der Waals surface area (Å²) in [6.45, 7) is 8.34. The first-order valence-electron chi connectivity index (χ1n) is 7.18. The highest BCUT2D eigenvalue weighted by molar-refractivity contribution is 6.03. The van der Waals surface area contributed by atoms with E-state index in [1.807, 2.05) is 27.7 Å². The van der Waals surface area contributed by atoms with Gasteiger partial charge < -0.3 is 15.4 Å². The molecule has 0 unspecified atom stereocenters. The van der Waals surface area contributed by atoms with Crippen molar-refractivity contribution in [3.8, 4) is 0 Å². The SMILES string of the molecule is CC(C)CNC(=O)c1ccccc1NC(=O)COC(C)C. The Morgan fingerprint density at radius 3 is 2.43 bits per heavy atom. The van der Waals surface area contributed by atoms with Crippen LogP contribution >= 0.6 is 0 Å². The molecule has 0 bridgehead atoms. The average Bonchev–Trinajstić information content (AvgIpc) is 2.43. The third-order valence-corrected chi connectivity index (χ3v) is 2.66. The summed E-state index contributed by atoms with van der Waals surface area (Å²) in [5, 5.41) is 5.55. The molecule has 0 aromatic heterocycles. The van der Waals surface area contributed by atoms with Gasteiger partial charge in [0, 0.05) is 6.54 Å². The summed E-state index contributed by atoms with van der Waals surface area (Å²) in [4.78, 5) is 23.9. The van der Waals surface area contributed by atoms with Crippen LogP contribution in [0, 0.1) is 5.92 Å². The number of carbonyl (C=O) groups is 2. The fourth-order valence-corrected chi connectivity index (χ4v) is 1.61. The van der Waals surface area contributed by atoms with Crippen LogP contribution in [0.3, 0.4) is 0 Å². The van der Waals surface area contributed by atoms with Crippen molar-refractivity contribution in [2.24, 2.45) is 5.92 Å². The summed E-state index contributed by atoms with van der Waals surface area (Å²) >= 11 is 0. The summed E-state index contributed by atoms with van der Waals surface area (Å²) in [7, 11) is 0. The van der Waals surface area contributed by atoms with Crippen molar-refractivity contribution in [1.82, 2.24) is 5.32 Å². The van der Waals surface area contributed by atoms with Crippen molar-refractivity contribution < 1.29 is 14.3 Å². The molecule has 1 aromatic rings. The first kappa shape index (κ1) is 17.2. The quantitative estimate of drug-likeness (QED) is 0.811. The molecule has 2 amide bonds. The van der Waals surface area contributed by atoms with Gasteiger partial charge in [0.15, 0.2) is 0 Å². The van der Waals surface area contributed by atoms with Gasteiger partial charge in [-0.05, 0) is 31.9 Å². The summed E-state index contributed by atoms with van der Waals surface area (Å²) < 4.78 is 5.24. The van der Waals surface area contributed by atoms with E-state index in [4.69, 9.17) is 4.74 Å². The standard InChI is InChI=1S/C16H24N2O3/c1-11(2)9-17-16(20)13-7-5-6-8-14(13)18-15(19)10-21-12(3)4/h5-8,11-12H,9-10H2,1-4H3,(H,17,20)(H,18,19). The average molecular weight is 292 g/mol. The van der Waals surface area contributed by atoms with Gasteiger partial charge in [0.05, 0.1) is 17.4 Å². The maximum absolute atomic E-state index is 12.1. The Bertz CT molecular complexity index is 484. The molecule has 21 heavy (non-hydrogen) atoms. The maximum atomic E-state index is 12.1. The van der Waals surface area contributed by atoms with Gasteiger partial charge in [-0.3, -0.25) is 9.59 Å². The van der Waals surface area contributed by atoms with Crippen LogP contribution in [0.5, 0.6) is 0 Å². The van der Waals surface area contributed by atoms with Gasteiger partial charge in [-0.1, -0.05) is 26.0 Å². The molecule has 5 heteroatoms. The van der Waals surface area contributed by atoms with Crippen molar-refractivity contribution in [3.05, 3.63) is 29.8 Å². The third-order valence-electron chi connectivity index (χ3n) is 2.66. The molecule has 0 atom stereocenters. The van der Waals surface area contributed by atoms with Crippen molar-refractivity contribution in [2.45, 2.75) is 33.8 Å². The molecule has 116 valence electrons. The normalized spacial score (nSPS) is 10.8. The van der Waals surface area contributed by atoms with E-state index in [2.05, 4.69) is 10.6 Å². The van der Waals surface area contributed by atoms with Crippen LogP contribution in [-0.2, 0) is 9.53 Å². The van der Waals surface area contributed by atoms with Gasteiger partial charge in [0.1, 0.15) is 6.61 Å². The molecular formula is C16H24N2O3. The number of ether oxygens (including phenoxy) is 1. The van der Waals surface area contributed by atoms with E-state index >= 15 is 0 Å². The zero-order chi connectivity index (χ0) is 15.8. The lowest BCUT2D eigenvalue weighted by Crippen LogP contribution is -2.29. The second-order valence-corrected chi connectivity index (χ2v) is 5.56. The molecule has 0 saturated heterocycles. The molecule has 0 saturated carbocycles. The summed E-state index contributed by atoms with van der Waals surface area (Å²) in [5.74, 6) is -0.0904. The van der Waals surface area contributed by atoms with Crippen LogP contribution < -0.4 is 10.6 Å².